The van der Waals surface area contributed by atoms with Crippen LogP contribution < -0.4 is 10.6 Å². The summed E-state index contributed by atoms with van der Waals surface area (Å²) in [7, 11) is 0. The summed E-state index contributed by atoms with van der Waals surface area (Å²) in [6, 6.07) is 11.0. The second-order valence-corrected chi connectivity index (χ2v) is 5.35. The highest BCUT2D eigenvalue weighted by molar-refractivity contribution is 5.42. The van der Waals surface area contributed by atoms with Crippen molar-refractivity contribution in [3.8, 4) is 0 Å². The van der Waals surface area contributed by atoms with Gasteiger partial charge in [0, 0.05) is 18.3 Å². The minimum atomic E-state index is 0.403. The molecule has 0 radical (unpaired) electrons. The molecule has 0 aromatic heterocycles. The molecule has 1 aromatic rings. The van der Waals surface area contributed by atoms with Crippen molar-refractivity contribution >= 4 is 5.69 Å². The van der Waals surface area contributed by atoms with Crippen LogP contribution in [0.3, 0.4) is 0 Å². The fraction of sp³-hybridized carbons (Fsp3) is 0.571. The molecule has 1 unspecified atom stereocenters. The Balaban J connectivity index is 1.90. The van der Waals surface area contributed by atoms with Crippen LogP contribution in [-0.4, -0.2) is 19.1 Å². The van der Waals surface area contributed by atoms with E-state index in [0.29, 0.717) is 11.5 Å². The molecular formula is C14H22N2. The summed E-state index contributed by atoms with van der Waals surface area (Å²) in [6.45, 7) is 6.88. The lowest BCUT2D eigenvalue weighted by Crippen LogP contribution is -2.50. The number of hydrogen-bond acceptors (Lipinski definition) is 2. The Morgan fingerprint density at radius 2 is 2.06 bits per heavy atom. The molecule has 1 aliphatic heterocycles. The number of hydrogen-bond donors (Lipinski definition) is 2. The van der Waals surface area contributed by atoms with Gasteiger partial charge in [0.15, 0.2) is 0 Å². The van der Waals surface area contributed by atoms with Crippen molar-refractivity contribution in [2.24, 2.45) is 5.41 Å². The van der Waals surface area contributed by atoms with Gasteiger partial charge in [0.05, 0.1) is 0 Å². The van der Waals surface area contributed by atoms with Gasteiger partial charge in [0.25, 0.3) is 0 Å². The third-order valence-corrected chi connectivity index (χ3v) is 3.62. The molecule has 0 spiro atoms. The fourth-order valence-electron chi connectivity index (χ4n) is 2.40. The van der Waals surface area contributed by atoms with Crippen LogP contribution in [0.1, 0.15) is 26.7 Å². The molecule has 16 heavy (non-hydrogen) atoms. The molecule has 1 fully saturated rings. The topological polar surface area (TPSA) is 24.1 Å². The average molecular weight is 218 g/mol. The largest absolute Gasteiger partial charge is 0.383 e. The van der Waals surface area contributed by atoms with Gasteiger partial charge in [-0.25, -0.2) is 0 Å². The van der Waals surface area contributed by atoms with E-state index in [-0.39, 0.29) is 0 Å². The first-order valence-corrected chi connectivity index (χ1v) is 6.21. The number of benzene rings is 1. The first-order valence-electron chi connectivity index (χ1n) is 6.21. The Labute approximate surface area is 98.4 Å². The van der Waals surface area contributed by atoms with Crippen LogP contribution in [0.15, 0.2) is 30.3 Å². The predicted molar refractivity (Wildman–Crippen MR) is 69.7 cm³/mol. The SMILES string of the molecule is CC1(C)CCCNC1CNc1ccccc1. The second kappa shape index (κ2) is 4.88. The monoisotopic (exact) mass is 218 g/mol. The molecule has 2 N–H and O–H groups in total. The second-order valence-electron chi connectivity index (χ2n) is 5.35. The van der Waals surface area contributed by atoms with Crippen molar-refractivity contribution in [3.63, 3.8) is 0 Å². The zero-order valence-corrected chi connectivity index (χ0v) is 10.3. The Morgan fingerprint density at radius 3 is 2.75 bits per heavy atom. The Bertz CT molecular complexity index is 319. The number of para-hydroxylation sites is 1. The van der Waals surface area contributed by atoms with Gasteiger partial charge in [0.2, 0.25) is 0 Å². The summed E-state index contributed by atoms with van der Waals surface area (Å²) in [5, 5.41) is 7.12. The number of piperidine rings is 1. The Kier molecular flexibility index (Phi) is 3.49. The molecule has 1 saturated heterocycles. The van der Waals surface area contributed by atoms with E-state index in [2.05, 4.69) is 48.7 Å². The van der Waals surface area contributed by atoms with E-state index in [4.69, 9.17) is 0 Å². The van der Waals surface area contributed by atoms with Crippen LogP contribution in [0.5, 0.6) is 0 Å². The zero-order valence-electron chi connectivity index (χ0n) is 10.3. The summed E-state index contributed by atoms with van der Waals surface area (Å²) in [5.74, 6) is 0. The van der Waals surface area contributed by atoms with Crippen LogP contribution in [-0.2, 0) is 0 Å². The molecule has 0 saturated carbocycles. The minimum absolute atomic E-state index is 0.403. The smallest absolute Gasteiger partial charge is 0.0340 e. The summed E-state index contributed by atoms with van der Waals surface area (Å²) < 4.78 is 0. The van der Waals surface area contributed by atoms with Gasteiger partial charge in [0.1, 0.15) is 0 Å². The molecule has 1 heterocycles. The van der Waals surface area contributed by atoms with Crippen LogP contribution in [0, 0.1) is 5.41 Å². The molecule has 0 bridgehead atoms. The third kappa shape index (κ3) is 2.76. The minimum Gasteiger partial charge on any atom is -0.383 e. The van der Waals surface area contributed by atoms with Crippen molar-refractivity contribution in [3.05, 3.63) is 30.3 Å². The van der Waals surface area contributed by atoms with Crippen molar-refractivity contribution in [2.45, 2.75) is 32.7 Å². The van der Waals surface area contributed by atoms with Crippen molar-refractivity contribution < 1.29 is 0 Å². The predicted octanol–water partition coefficient (Wildman–Crippen LogP) is 2.88. The first kappa shape index (κ1) is 11.5. The van der Waals surface area contributed by atoms with Crippen molar-refractivity contribution in [1.29, 1.82) is 0 Å². The maximum atomic E-state index is 3.62. The van der Waals surface area contributed by atoms with Gasteiger partial charge in [-0.15, -0.1) is 0 Å². The summed E-state index contributed by atoms with van der Waals surface area (Å²) in [4.78, 5) is 0. The van der Waals surface area contributed by atoms with Crippen LogP contribution >= 0.6 is 0 Å². The molecule has 2 nitrogen and oxygen atoms in total. The molecule has 88 valence electrons. The normalized spacial score (nSPS) is 24.0. The maximum Gasteiger partial charge on any atom is 0.0340 e. The lowest BCUT2D eigenvalue weighted by molar-refractivity contribution is 0.188. The highest BCUT2D eigenvalue weighted by Gasteiger charge is 2.31. The molecule has 1 aliphatic rings. The van der Waals surface area contributed by atoms with Crippen LogP contribution in [0.25, 0.3) is 0 Å². The fourth-order valence-corrected chi connectivity index (χ4v) is 2.40. The summed E-state index contributed by atoms with van der Waals surface area (Å²) in [5.41, 5.74) is 1.62. The van der Waals surface area contributed by atoms with Crippen molar-refractivity contribution in [2.75, 3.05) is 18.4 Å². The molecule has 2 rings (SSSR count). The van der Waals surface area contributed by atoms with Crippen LogP contribution in [0.4, 0.5) is 5.69 Å². The van der Waals surface area contributed by atoms with E-state index in [1.54, 1.807) is 0 Å². The first-order chi connectivity index (χ1) is 7.68. The third-order valence-electron chi connectivity index (χ3n) is 3.62. The molecule has 2 heteroatoms. The molecule has 1 atom stereocenters. The standard InChI is InChI=1S/C14H22N2/c1-14(2)9-6-10-15-13(14)11-16-12-7-4-3-5-8-12/h3-5,7-8,13,15-16H,6,9-11H2,1-2H3. The number of nitrogens with one attached hydrogen (secondary N) is 2. The van der Waals surface area contributed by atoms with Crippen LogP contribution in [0.2, 0.25) is 0 Å². The van der Waals surface area contributed by atoms with Gasteiger partial charge in [-0.2, -0.15) is 0 Å². The Hall–Kier alpha value is -1.02. The summed E-state index contributed by atoms with van der Waals surface area (Å²) >= 11 is 0. The average Bonchev–Trinajstić information content (AvgIpc) is 2.28. The van der Waals surface area contributed by atoms with Gasteiger partial charge in [-0.05, 0) is 36.9 Å². The van der Waals surface area contributed by atoms with E-state index in [0.717, 1.165) is 13.1 Å². The molecule has 0 amide bonds. The highest BCUT2D eigenvalue weighted by atomic mass is 15.0. The zero-order chi connectivity index (χ0) is 11.4. The highest BCUT2D eigenvalue weighted by Crippen LogP contribution is 2.30. The molecule has 1 aromatic carbocycles. The van der Waals surface area contributed by atoms with E-state index >= 15 is 0 Å². The van der Waals surface area contributed by atoms with E-state index in [1.165, 1.54) is 18.5 Å². The van der Waals surface area contributed by atoms with Gasteiger partial charge < -0.3 is 10.6 Å². The van der Waals surface area contributed by atoms with Gasteiger partial charge >= 0.3 is 0 Å². The quantitative estimate of drug-likeness (QED) is 0.815. The van der Waals surface area contributed by atoms with E-state index in [9.17, 15) is 0 Å². The molecule has 0 aliphatic carbocycles. The Morgan fingerprint density at radius 1 is 1.31 bits per heavy atom. The summed E-state index contributed by atoms with van der Waals surface area (Å²) in [6.07, 6.45) is 2.62. The van der Waals surface area contributed by atoms with E-state index in [1.807, 2.05) is 6.07 Å². The van der Waals surface area contributed by atoms with E-state index < -0.39 is 0 Å². The van der Waals surface area contributed by atoms with Gasteiger partial charge in [-0.1, -0.05) is 32.0 Å². The lowest BCUT2D eigenvalue weighted by Gasteiger charge is -2.39. The van der Waals surface area contributed by atoms with Crippen molar-refractivity contribution in [1.82, 2.24) is 5.32 Å². The number of anilines is 1. The number of rotatable bonds is 3. The lowest BCUT2D eigenvalue weighted by atomic mass is 9.77. The molecular weight excluding hydrogens is 196 g/mol. The maximum absolute atomic E-state index is 3.62. The van der Waals surface area contributed by atoms with Gasteiger partial charge in [-0.3, -0.25) is 0 Å².